The Labute approximate surface area is 91.9 Å². The summed E-state index contributed by atoms with van der Waals surface area (Å²) in [6.07, 6.45) is 2.17. The minimum absolute atomic E-state index is 0.366. The van der Waals surface area contributed by atoms with E-state index in [1.165, 1.54) is 4.31 Å². The zero-order valence-corrected chi connectivity index (χ0v) is 10.1. The predicted molar refractivity (Wildman–Crippen MR) is 58.6 cm³/mol. The first kappa shape index (κ1) is 12.5. The summed E-state index contributed by atoms with van der Waals surface area (Å²) in [7, 11) is -3.38. The quantitative estimate of drug-likeness (QED) is 0.735. The van der Waals surface area contributed by atoms with Crippen LogP contribution in [0, 0.1) is 17.2 Å². The van der Waals surface area contributed by atoms with Gasteiger partial charge in [0.2, 0.25) is 10.0 Å². The largest absolute Gasteiger partial charge is 0.230 e. The maximum atomic E-state index is 12.0. The Morgan fingerprint density at radius 1 is 1.47 bits per heavy atom. The highest BCUT2D eigenvalue weighted by Crippen LogP contribution is 2.21. The highest BCUT2D eigenvalue weighted by atomic mass is 32.2. The van der Waals surface area contributed by atoms with Gasteiger partial charge >= 0.3 is 0 Å². The van der Waals surface area contributed by atoms with Crippen molar-refractivity contribution in [2.24, 2.45) is 5.92 Å². The van der Waals surface area contributed by atoms with Crippen molar-refractivity contribution in [3.05, 3.63) is 0 Å². The summed E-state index contributed by atoms with van der Waals surface area (Å²) in [4.78, 5) is 0. The van der Waals surface area contributed by atoms with E-state index in [1.807, 2.05) is 6.07 Å². The van der Waals surface area contributed by atoms with Gasteiger partial charge in [0.25, 0.3) is 0 Å². The zero-order chi connectivity index (χ0) is 11.5. The van der Waals surface area contributed by atoms with Gasteiger partial charge in [-0.2, -0.15) is 5.26 Å². The molecule has 1 unspecified atom stereocenters. The highest BCUT2D eigenvalue weighted by molar-refractivity contribution is 7.90. The molecule has 0 N–H and O–H groups in total. The molecule has 0 saturated carbocycles. The minimum Gasteiger partial charge on any atom is -0.211 e. The fourth-order valence-electron chi connectivity index (χ4n) is 1.79. The monoisotopic (exact) mass is 230 g/mol. The smallest absolute Gasteiger partial charge is 0.211 e. The summed E-state index contributed by atoms with van der Waals surface area (Å²) in [5.74, 6) is 0.596. The Balaban J connectivity index is 2.75. The van der Waals surface area contributed by atoms with E-state index >= 15 is 0 Å². The van der Waals surface area contributed by atoms with Gasteiger partial charge in [-0.15, -0.1) is 0 Å². The molecule has 0 aromatic heterocycles. The molecule has 0 radical (unpaired) electrons. The van der Waals surface area contributed by atoms with Gasteiger partial charge in [-0.05, 0) is 25.2 Å². The molecule has 1 fully saturated rings. The molecule has 0 bridgehead atoms. The molecule has 1 heterocycles. The van der Waals surface area contributed by atoms with Crippen LogP contribution in [0.15, 0.2) is 0 Å². The van der Waals surface area contributed by atoms with Crippen LogP contribution in [-0.4, -0.2) is 31.1 Å². The third-order valence-electron chi connectivity index (χ3n) is 2.98. The molecular formula is C10H18N2O2S. The number of rotatable bonds is 3. The van der Waals surface area contributed by atoms with Crippen LogP contribution in [0.25, 0.3) is 0 Å². The second-order valence-electron chi connectivity index (χ2n) is 4.15. The van der Waals surface area contributed by atoms with Gasteiger partial charge in [0.15, 0.2) is 5.25 Å². The molecule has 1 aliphatic rings. The lowest BCUT2D eigenvalue weighted by atomic mass is 10.0. The van der Waals surface area contributed by atoms with Crippen LogP contribution in [0.2, 0.25) is 0 Å². The Morgan fingerprint density at radius 2 is 2.00 bits per heavy atom. The molecule has 5 heteroatoms. The topological polar surface area (TPSA) is 61.2 Å². The van der Waals surface area contributed by atoms with Gasteiger partial charge in [0.05, 0.1) is 6.07 Å². The average molecular weight is 230 g/mol. The van der Waals surface area contributed by atoms with E-state index < -0.39 is 15.3 Å². The lowest BCUT2D eigenvalue weighted by molar-refractivity contribution is 0.286. The first-order valence-electron chi connectivity index (χ1n) is 5.41. The molecule has 0 amide bonds. The molecule has 0 spiro atoms. The minimum atomic E-state index is -3.38. The molecule has 0 aliphatic carbocycles. The van der Waals surface area contributed by atoms with Crippen LogP contribution in [0.1, 0.15) is 33.1 Å². The molecule has 1 rings (SSSR count). The summed E-state index contributed by atoms with van der Waals surface area (Å²) in [6, 6.07) is 1.87. The van der Waals surface area contributed by atoms with Crippen molar-refractivity contribution >= 4 is 10.0 Å². The zero-order valence-electron chi connectivity index (χ0n) is 9.31. The van der Waals surface area contributed by atoms with E-state index in [0.717, 1.165) is 12.8 Å². The summed E-state index contributed by atoms with van der Waals surface area (Å²) >= 11 is 0. The van der Waals surface area contributed by atoms with E-state index in [-0.39, 0.29) is 0 Å². The van der Waals surface area contributed by atoms with Gasteiger partial charge in [-0.25, -0.2) is 12.7 Å². The van der Waals surface area contributed by atoms with Crippen LogP contribution >= 0.6 is 0 Å². The molecule has 4 nitrogen and oxygen atoms in total. The van der Waals surface area contributed by atoms with Gasteiger partial charge in [-0.3, -0.25) is 0 Å². The van der Waals surface area contributed by atoms with E-state index in [9.17, 15) is 8.42 Å². The van der Waals surface area contributed by atoms with Crippen molar-refractivity contribution in [1.82, 2.24) is 4.31 Å². The Hall–Kier alpha value is -0.600. The van der Waals surface area contributed by atoms with Crippen LogP contribution in [0.4, 0.5) is 0 Å². The molecular weight excluding hydrogens is 212 g/mol. The Bertz CT molecular complexity index is 337. The summed E-state index contributed by atoms with van der Waals surface area (Å²) in [5.41, 5.74) is 0. The van der Waals surface area contributed by atoms with Gasteiger partial charge in [0, 0.05) is 13.1 Å². The maximum Gasteiger partial charge on any atom is 0.230 e. The van der Waals surface area contributed by atoms with Crippen molar-refractivity contribution in [3.8, 4) is 6.07 Å². The molecule has 1 atom stereocenters. The first-order valence-corrected chi connectivity index (χ1v) is 6.91. The molecule has 15 heavy (non-hydrogen) atoms. The van der Waals surface area contributed by atoms with E-state index in [0.29, 0.717) is 25.4 Å². The Morgan fingerprint density at radius 3 is 2.40 bits per heavy atom. The molecule has 86 valence electrons. The first-order chi connectivity index (χ1) is 7.02. The second-order valence-corrected chi connectivity index (χ2v) is 6.27. The van der Waals surface area contributed by atoms with Crippen LogP contribution in [-0.2, 0) is 10.0 Å². The van der Waals surface area contributed by atoms with Crippen LogP contribution in [0.3, 0.4) is 0 Å². The number of hydrogen-bond acceptors (Lipinski definition) is 3. The normalized spacial score (nSPS) is 22.2. The molecule has 0 aromatic rings. The number of sulfonamides is 1. The van der Waals surface area contributed by atoms with Gasteiger partial charge < -0.3 is 0 Å². The van der Waals surface area contributed by atoms with Crippen LogP contribution in [0.5, 0.6) is 0 Å². The van der Waals surface area contributed by atoms with Crippen molar-refractivity contribution in [1.29, 1.82) is 5.26 Å². The number of hydrogen-bond donors (Lipinski definition) is 0. The van der Waals surface area contributed by atoms with Crippen molar-refractivity contribution in [2.45, 2.75) is 38.4 Å². The standard InChI is InChI=1S/C10H18N2O2S/c1-3-10(8-11)15(13,14)12-6-4-9(2)5-7-12/h9-10H,3-7H2,1-2H3. The second kappa shape index (κ2) is 4.95. The lowest BCUT2D eigenvalue weighted by Gasteiger charge is -2.30. The van der Waals surface area contributed by atoms with E-state index in [2.05, 4.69) is 6.92 Å². The molecule has 1 saturated heterocycles. The summed E-state index contributed by atoms with van der Waals surface area (Å²) in [6.45, 7) is 5.01. The average Bonchev–Trinajstić information content (AvgIpc) is 2.19. The number of nitrogens with zero attached hydrogens (tertiary/aromatic N) is 2. The van der Waals surface area contributed by atoms with Crippen molar-refractivity contribution < 1.29 is 8.42 Å². The van der Waals surface area contributed by atoms with Crippen molar-refractivity contribution in [3.63, 3.8) is 0 Å². The van der Waals surface area contributed by atoms with E-state index in [1.54, 1.807) is 6.92 Å². The summed E-state index contributed by atoms with van der Waals surface area (Å²) in [5, 5.41) is 7.92. The maximum absolute atomic E-state index is 12.0. The molecule has 1 aliphatic heterocycles. The lowest BCUT2D eigenvalue weighted by Crippen LogP contribution is -2.42. The molecule has 0 aromatic carbocycles. The third-order valence-corrected chi connectivity index (χ3v) is 5.22. The predicted octanol–water partition coefficient (Wildman–Crippen LogP) is 1.35. The SMILES string of the molecule is CCC(C#N)S(=O)(=O)N1CCC(C)CC1. The van der Waals surface area contributed by atoms with Gasteiger partial charge in [-0.1, -0.05) is 13.8 Å². The van der Waals surface area contributed by atoms with Gasteiger partial charge in [0.1, 0.15) is 0 Å². The number of piperidine rings is 1. The fraction of sp³-hybridized carbons (Fsp3) is 0.900. The third kappa shape index (κ3) is 2.70. The summed E-state index contributed by atoms with van der Waals surface area (Å²) < 4.78 is 25.4. The fourth-order valence-corrected chi connectivity index (χ4v) is 3.42. The number of nitriles is 1. The van der Waals surface area contributed by atoms with E-state index in [4.69, 9.17) is 5.26 Å². The van der Waals surface area contributed by atoms with Crippen LogP contribution < -0.4 is 0 Å². The highest BCUT2D eigenvalue weighted by Gasteiger charge is 2.32. The Kier molecular flexibility index (Phi) is 4.12. The van der Waals surface area contributed by atoms with Crippen molar-refractivity contribution in [2.75, 3.05) is 13.1 Å².